The fraction of sp³-hybridized carbons (Fsp3) is 0.179. The summed E-state index contributed by atoms with van der Waals surface area (Å²) >= 11 is 0. The molecule has 0 aliphatic heterocycles. The van der Waals surface area contributed by atoms with Gasteiger partial charge in [-0.2, -0.15) is 9.59 Å². The van der Waals surface area contributed by atoms with Gasteiger partial charge in [-0.25, -0.2) is 0 Å². The Bertz CT molecular complexity index is 1310. The van der Waals surface area contributed by atoms with Crippen molar-refractivity contribution >= 4 is 22.8 Å². The Morgan fingerprint density at radius 2 is 1.79 bits per heavy atom. The van der Waals surface area contributed by atoms with Crippen LogP contribution in [-0.4, -0.2) is 17.0 Å². The summed E-state index contributed by atoms with van der Waals surface area (Å²) in [6, 6.07) is 25.2. The third-order valence-electron chi connectivity index (χ3n) is 6.05. The number of nitrogens with zero attached hydrogens (tertiary/aromatic N) is 1. The van der Waals surface area contributed by atoms with Crippen LogP contribution in [0.5, 0.6) is 0 Å². The van der Waals surface area contributed by atoms with Gasteiger partial charge in [0.15, 0.2) is 0 Å². The van der Waals surface area contributed by atoms with E-state index in [1.54, 1.807) is 0 Å². The maximum atomic E-state index is 12.7. The van der Waals surface area contributed by atoms with Gasteiger partial charge in [-0.1, -0.05) is 72.3 Å². The zero-order chi connectivity index (χ0) is 23.2. The normalized spacial score (nSPS) is 16.3. The van der Waals surface area contributed by atoms with Crippen molar-refractivity contribution in [3.05, 3.63) is 102 Å². The van der Waals surface area contributed by atoms with Crippen LogP contribution in [0.1, 0.15) is 29.0 Å². The minimum atomic E-state index is 0.0864. The van der Waals surface area contributed by atoms with E-state index in [9.17, 15) is 4.79 Å². The van der Waals surface area contributed by atoms with Crippen molar-refractivity contribution in [1.82, 2.24) is 10.3 Å². The lowest BCUT2D eigenvalue weighted by Gasteiger charge is -2.13. The van der Waals surface area contributed by atoms with E-state index in [4.69, 9.17) is 9.59 Å². The first-order chi connectivity index (χ1) is 16.1. The van der Waals surface area contributed by atoms with Crippen LogP contribution in [0.25, 0.3) is 21.9 Å². The van der Waals surface area contributed by atoms with Gasteiger partial charge in [0.2, 0.25) is 5.91 Å². The Morgan fingerprint density at radius 3 is 2.55 bits per heavy atom. The van der Waals surface area contributed by atoms with E-state index in [1.165, 1.54) is 22.3 Å². The number of fused-ring (bicyclic) bond motifs is 1. The molecule has 2 unspecified atom stereocenters. The van der Waals surface area contributed by atoms with Crippen LogP contribution in [0.4, 0.5) is 0 Å². The summed E-state index contributed by atoms with van der Waals surface area (Å²) in [5.74, 6) is 0.584. The first-order valence-electron chi connectivity index (χ1n) is 10.9. The molecular formula is C28H24N2O3. The highest BCUT2D eigenvalue weighted by molar-refractivity contribution is 5.98. The van der Waals surface area contributed by atoms with Crippen molar-refractivity contribution in [2.24, 2.45) is 5.92 Å². The molecule has 3 aromatic carbocycles. The van der Waals surface area contributed by atoms with E-state index < -0.39 is 0 Å². The molecule has 0 radical (unpaired) electrons. The number of aromatic nitrogens is 1. The van der Waals surface area contributed by atoms with Crippen molar-refractivity contribution in [1.29, 1.82) is 0 Å². The van der Waals surface area contributed by atoms with Crippen LogP contribution >= 0.6 is 0 Å². The summed E-state index contributed by atoms with van der Waals surface area (Å²) in [5.41, 5.74) is 5.99. The second-order valence-corrected chi connectivity index (χ2v) is 8.22. The molecule has 1 aromatic heterocycles. The minimum absolute atomic E-state index is 0.0864. The van der Waals surface area contributed by atoms with Crippen molar-refractivity contribution in [2.45, 2.75) is 25.8 Å². The van der Waals surface area contributed by atoms with Crippen LogP contribution in [-0.2, 0) is 20.9 Å². The van der Waals surface area contributed by atoms with Crippen molar-refractivity contribution in [3.63, 3.8) is 0 Å². The lowest BCUT2D eigenvalue weighted by atomic mass is 9.95. The molecule has 1 saturated carbocycles. The van der Waals surface area contributed by atoms with Gasteiger partial charge in [0.25, 0.3) is 0 Å². The zero-order valence-corrected chi connectivity index (χ0v) is 18.3. The molecule has 1 aliphatic carbocycles. The van der Waals surface area contributed by atoms with Gasteiger partial charge < -0.3 is 5.32 Å². The highest BCUT2D eigenvalue weighted by Gasteiger charge is 2.43. The molecule has 1 N–H and O–H groups in total. The molecule has 2 atom stereocenters. The highest BCUT2D eigenvalue weighted by atomic mass is 16.2. The van der Waals surface area contributed by atoms with Gasteiger partial charge in [-0.05, 0) is 53.0 Å². The van der Waals surface area contributed by atoms with Gasteiger partial charge in [-0.3, -0.25) is 9.78 Å². The standard InChI is InChI=1S/C27H24N2O.CO2/c1-18-6-5-9-20(14-18)22-11-10-21(26-17-28-13-12-23(22)26)16-29-27(30)25-15-24(25)19-7-3-2-4-8-19;2-1-3/h2-14,17,24-25H,15-16H2,1H3,(H,29,30);. The first kappa shape index (κ1) is 22.1. The van der Waals surface area contributed by atoms with E-state index in [2.05, 4.69) is 71.8 Å². The highest BCUT2D eigenvalue weighted by Crippen LogP contribution is 2.47. The number of hydrogen-bond acceptors (Lipinski definition) is 4. The molecule has 1 aliphatic rings. The molecule has 4 aromatic rings. The molecular weight excluding hydrogens is 412 g/mol. The van der Waals surface area contributed by atoms with Gasteiger partial charge in [0, 0.05) is 30.2 Å². The van der Waals surface area contributed by atoms with Crippen LogP contribution in [0.2, 0.25) is 0 Å². The fourth-order valence-electron chi connectivity index (χ4n) is 4.33. The van der Waals surface area contributed by atoms with E-state index in [-0.39, 0.29) is 18.0 Å². The number of pyridine rings is 1. The molecule has 0 spiro atoms. The van der Waals surface area contributed by atoms with E-state index in [0.717, 1.165) is 22.8 Å². The van der Waals surface area contributed by atoms with E-state index in [0.29, 0.717) is 12.5 Å². The molecule has 5 heteroatoms. The van der Waals surface area contributed by atoms with Crippen molar-refractivity contribution < 1.29 is 14.4 Å². The van der Waals surface area contributed by atoms with Crippen molar-refractivity contribution in [2.75, 3.05) is 0 Å². The van der Waals surface area contributed by atoms with Crippen LogP contribution in [0.3, 0.4) is 0 Å². The average molecular weight is 437 g/mol. The quantitative estimate of drug-likeness (QED) is 0.475. The monoisotopic (exact) mass is 436 g/mol. The second-order valence-electron chi connectivity index (χ2n) is 8.22. The van der Waals surface area contributed by atoms with Crippen LogP contribution in [0, 0.1) is 12.8 Å². The molecule has 1 fully saturated rings. The Labute approximate surface area is 192 Å². The summed E-state index contributed by atoms with van der Waals surface area (Å²) in [5, 5.41) is 5.41. The van der Waals surface area contributed by atoms with Gasteiger partial charge in [0.1, 0.15) is 0 Å². The number of nitrogens with one attached hydrogen (secondary N) is 1. The predicted molar refractivity (Wildman–Crippen MR) is 126 cm³/mol. The summed E-state index contributed by atoms with van der Waals surface area (Å²) in [6.07, 6.45) is 4.92. The number of rotatable bonds is 5. The molecule has 164 valence electrons. The number of aryl methyl sites for hydroxylation is 1. The number of amides is 1. The summed E-state index contributed by atoms with van der Waals surface area (Å²) in [6.45, 7) is 2.63. The van der Waals surface area contributed by atoms with Gasteiger partial charge in [-0.15, -0.1) is 0 Å². The number of carbonyl (C=O) groups excluding carboxylic acids is 3. The Balaban J connectivity index is 0.000000821. The molecule has 1 heterocycles. The topological polar surface area (TPSA) is 76.1 Å². The predicted octanol–water partition coefficient (Wildman–Crippen LogP) is 5.05. The number of hydrogen-bond donors (Lipinski definition) is 1. The molecule has 0 saturated heterocycles. The lowest BCUT2D eigenvalue weighted by Crippen LogP contribution is -2.25. The molecule has 0 bridgehead atoms. The molecule has 33 heavy (non-hydrogen) atoms. The largest absolute Gasteiger partial charge is 0.373 e. The summed E-state index contributed by atoms with van der Waals surface area (Å²) in [7, 11) is 0. The maximum absolute atomic E-state index is 12.7. The zero-order valence-electron chi connectivity index (χ0n) is 18.3. The SMILES string of the molecule is Cc1cccc(-c2ccc(CNC(=O)C3CC3c3ccccc3)c3cnccc23)c1.O=C=O. The molecule has 5 nitrogen and oxygen atoms in total. The minimum Gasteiger partial charge on any atom is -0.352 e. The smallest absolute Gasteiger partial charge is 0.352 e. The maximum Gasteiger partial charge on any atom is 0.373 e. The first-order valence-corrected chi connectivity index (χ1v) is 10.9. The summed E-state index contributed by atoms with van der Waals surface area (Å²) in [4.78, 5) is 33.3. The van der Waals surface area contributed by atoms with E-state index >= 15 is 0 Å². The second kappa shape index (κ2) is 10.0. The van der Waals surface area contributed by atoms with Crippen LogP contribution < -0.4 is 5.32 Å². The Kier molecular flexibility index (Phi) is 6.72. The number of carbonyl (C=O) groups is 1. The fourth-order valence-corrected chi connectivity index (χ4v) is 4.33. The molecule has 5 rings (SSSR count). The Morgan fingerprint density at radius 1 is 1.00 bits per heavy atom. The van der Waals surface area contributed by atoms with Gasteiger partial charge in [0.05, 0.1) is 0 Å². The van der Waals surface area contributed by atoms with Crippen LogP contribution in [0.15, 0.2) is 85.2 Å². The summed E-state index contributed by atoms with van der Waals surface area (Å²) < 4.78 is 0. The average Bonchev–Trinajstić information content (AvgIpc) is 3.65. The third-order valence-corrected chi connectivity index (χ3v) is 6.05. The number of benzene rings is 3. The third kappa shape index (κ3) is 5.05. The van der Waals surface area contributed by atoms with E-state index in [1.807, 2.05) is 30.6 Å². The van der Waals surface area contributed by atoms with Crippen molar-refractivity contribution in [3.8, 4) is 11.1 Å². The molecule has 1 amide bonds. The van der Waals surface area contributed by atoms with Gasteiger partial charge >= 0.3 is 6.15 Å². The lowest BCUT2D eigenvalue weighted by molar-refractivity contribution is -0.191. The Hall–Kier alpha value is -4.08.